The number of benzene rings is 2. The molecule has 2 aromatic carbocycles. The molecule has 0 radical (unpaired) electrons. The zero-order chi connectivity index (χ0) is 20.5. The number of aromatic carboxylic acids is 1. The Morgan fingerprint density at radius 3 is 2.79 bits per heavy atom. The molecule has 0 atom stereocenters. The Kier molecular flexibility index (Phi) is 4.67. The lowest BCUT2D eigenvalue weighted by molar-refractivity contribution is 0.0692. The monoisotopic (exact) mass is 391 g/mol. The molecule has 0 saturated heterocycles. The summed E-state index contributed by atoms with van der Waals surface area (Å²) in [5, 5.41) is 34.8. The average Bonchev–Trinajstić information content (AvgIpc) is 3.34. The molecule has 0 fully saturated rings. The lowest BCUT2D eigenvalue weighted by Gasteiger charge is -2.11. The second-order valence-corrected chi connectivity index (χ2v) is 7.08. The van der Waals surface area contributed by atoms with E-state index < -0.39 is 5.97 Å². The number of aromatic amines is 1. The Bertz CT molecular complexity index is 1190. The number of aromatic nitrogens is 4. The van der Waals surface area contributed by atoms with E-state index in [1.165, 1.54) is 0 Å². The normalized spacial score (nSPS) is 11.3. The maximum Gasteiger partial charge on any atom is 0.357 e. The number of nitrogens with one attached hydrogen (secondary N) is 2. The molecule has 8 nitrogen and oxygen atoms in total. The van der Waals surface area contributed by atoms with Gasteiger partial charge in [-0.3, -0.25) is 9.78 Å². The van der Waals surface area contributed by atoms with Gasteiger partial charge in [0.1, 0.15) is 5.75 Å². The average molecular weight is 391 g/mol. The minimum absolute atomic E-state index is 0.0192. The minimum Gasteiger partial charge on any atom is -0.507 e. The first-order chi connectivity index (χ1) is 13.9. The van der Waals surface area contributed by atoms with E-state index >= 15 is 0 Å². The summed E-state index contributed by atoms with van der Waals surface area (Å²) in [4.78, 5) is 11.3. The van der Waals surface area contributed by atoms with E-state index in [0.717, 1.165) is 5.69 Å². The first-order valence-electron chi connectivity index (χ1n) is 9.25. The summed E-state index contributed by atoms with van der Waals surface area (Å²) in [7, 11) is 0. The van der Waals surface area contributed by atoms with Crippen LogP contribution in [0.5, 0.6) is 5.75 Å². The quantitative estimate of drug-likeness (QED) is 0.394. The van der Waals surface area contributed by atoms with Crippen LogP contribution in [0.1, 0.15) is 35.9 Å². The first kappa shape index (κ1) is 18.5. The van der Waals surface area contributed by atoms with Crippen molar-refractivity contribution in [2.24, 2.45) is 0 Å². The van der Waals surface area contributed by atoms with Crippen LogP contribution in [-0.4, -0.2) is 36.2 Å². The fourth-order valence-corrected chi connectivity index (χ4v) is 3.19. The van der Waals surface area contributed by atoms with E-state index in [2.05, 4.69) is 20.6 Å². The van der Waals surface area contributed by atoms with Crippen molar-refractivity contribution in [3.63, 3.8) is 0 Å². The highest BCUT2D eigenvalue weighted by Crippen LogP contribution is 2.32. The number of anilines is 1. The maximum atomic E-state index is 11.3. The van der Waals surface area contributed by atoms with Gasteiger partial charge in [-0.25, -0.2) is 4.79 Å². The molecule has 4 N–H and O–H groups in total. The van der Waals surface area contributed by atoms with E-state index in [9.17, 15) is 15.0 Å². The predicted octanol–water partition coefficient (Wildman–Crippen LogP) is 4.02. The summed E-state index contributed by atoms with van der Waals surface area (Å²) >= 11 is 0. The van der Waals surface area contributed by atoms with Crippen LogP contribution in [-0.2, 0) is 6.54 Å². The molecule has 4 aromatic rings. The van der Waals surface area contributed by atoms with Gasteiger partial charge in [-0.15, -0.1) is 0 Å². The number of rotatable bonds is 6. The van der Waals surface area contributed by atoms with Crippen LogP contribution in [0.15, 0.2) is 48.7 Å². The third kappa shape index (κ3) is 3.52. The van der Waals surface area contributed by atoms with Gasteiger partial charge in [-0.2, -0.15) is 10.2 Å². The standard InChI is InChI=1S/C21H21N5O3/c1-12(2)26-9-8-18(25-26)15-5-3-4-13(20(15)27)11-22-14-6-7-17-16(10-14)19(21(28)29)24-23-17/h3-10,12,22,27H,11H2,1-2H3,(H,23,24)(H,28,29). The van der Waals surface area contributed by atoms with Crippen LogP contribution >= 0.6 is 0 Å². The summed E-state index contributed by atoms with van der Waals surface area (Å²) in [5.41, 5.74) is 3.46. The second-order valence-electron chi connectivity index (χ2n) is 7.08. The zero-order valence-corrected chi connectivity index (χ0v) is 16.0. The van der Waals surface area contributed by atoms with Crippen LogP contribution in [0.3, 0.4) is 0 Å². The van der Waals surface area contributed by atoms with Crippen LogP contribution in [0.25, 0.3) is 22.2 Å². The number of hydrogen-bond acceptors (Lipinski definition) is 5. The number of H-pyrrole nitrogens is 1. The van der Waals surface area contributed by atoms with Crippen LogP contribution in [0.2, 0.25) is 0 Å². The Hall–Kier alpha value is -3.81. The van der Waals surface area contributed by atoms with Crippen LogP contribution in [0, 0.1) is 0 Å². The fourth-order valence-electron chi connectivity index (χ4n) is 3.19. The number of aromatic hydroxyl groups is 1. The van der Waals surface area contributed by atoms with E-state index in [4.69, 9.17) is 0 Å². The molecule has 0 aliphatic rings. The summed E-state index contributed by atoms with van der Waals surface area (Å²) in [6, 6.07) is 13.0. The molecular formula is C21H21N5O3. The number of phenols is 1. The molecule has 2 aromatic heterocycles. The first-order valence-corrected chi connectivity index (χ1v) is 9.25. The molecule has 4 rings (SSSR count). The molecule has 29 heavy (non-hydrogen) atoms. The Balaban J connectivity index is 1.58. The molecule has 0 aliphatic carbocycles. The van der Waals surface area contributed by atoms with Crippen molar-refractivity contribution in [3.05, 3.63) is 59.9 Å². The maximum absolute atomic E-state index is 11.3. The van der Waals surface area contributed by atoms with Crippen LogP contribution in [0.4, 0.5) is 5.69 Å². The van der Waals surface area contributed by atoms with Gasteiger partial charge in [0.2, 0.25) is 0 Å². The topological polar surface area (TPSA) is 116 Å². The van der Waals surface area contributed by atoms with Gasteiger partial charge in [0.15, 0.2) is 5.69 Å². The number of carboxylic acid groups (broad SMARTS) is 1. The smallest absolute Gasteiger partial charge is 0.357 e. The van der Waals surface area contributed by atoms with Crippen molar-refractivity contribution in [3.8, 4) is 17.0 Å². The molecule has 0 bridgehead atoms. The molecule has 2 heterocycles. The van der Waals surface area contributed by atoms with Gasteiger partial charge in [0.05, 0.1) is 11.2 Å². The SMILES string of the molecule is CC(C)n1ccc(-c2cccc(CNc3ccc4[nH]nc(C(=O)O)c4c3)c2O)n1. The number of nitrogens with zero attached hydrogens (tertiary/aromatic N) is 3. The third-order valence-corrected chi connectivity index (χ3v) is 4.78. The summed E-state index contributed by atoms with van der Waals surface area (Å²) in [5.74, 6) is -0.913. The number of para-hydroxylation sites is 1. The number of fused-ring (bicyclic) bond motifs is 1. The van der Waals surface area contributed by atoms with Crippen molar-refractivity contribution in [1.82, 2.24) is 20.0 Å². The number of carboxylic acids is 1. The summed E-state index contributed by atoms with van der Waals surface area (Å²) < 4.78 is 1.85. The van der Waals surface area contributed by atoms with Crippen molar-refractivity contribution < 1.29 is 15.0 Å². The minimum atomic E-state index is -1.08. The highest BCUT2D eigenvalue weighted by Gasteiger charge is 2.14. The lowest BCUT2D eigenvalue weighted by atomic mass is 10.1. The predicted molar refractivity (Wildman–Crippen MR) is 110 cm³/mol. The largest absolute Gasteiger partial charge is 0.507 e. The third-order valence-electron chi connectivity index (χ3n) is 4.78. The number of phenolic OH excluding ortho intramolecular Hbond substituents is 1. The van der Waals surface area contributed by atoms with Gasteiger partial charge in [-0.05, 0) is 44.2 Å². The molecule has 8 heteroatoms. The van der Waals surface area contributed by atoms with Gasteiger partial charge in [0, 0.05) is 41.0 Å². The molecule has 0 amide bonds. The van der Waals surface area contributed by atoms with Crippen LogP contribution < -0.4 is 5.32 Å². The Morgan fingerprint density at radius 1 is 1.24 bits per heavy atom. The van der Waals surface area contributed by atoms with Gasteiger partial charge in [-0.1, -0.05) is 12.1 Å². The van der Waals surface area contributed by atoms with Crippen molar-refractivity contribution in [2.45, 2.75) is 26.4 Å². The van der Waals surface area contributed by atoms with E-state index in [1.54, 1.807) is 12.1 Å². The molecule has 0 spiro atoms. The Morgan fingerprint density at radius 2 is 2.07 bits per heavy atom. The molecule has 0 aliphatic heterocycles. The van der Waals surface area contributed by atoms with Gasteiger partial charge >= 0.3 is 5.97 Å². The van der Waals surface area contributed by atoms with Crippen molar-refractivity contribution in [2.75, 3.05) is 5.32 Å². The Labute approximate surface area is 166 Å². The number of carbonyl (C=O) groups is 1. The molecule has 0 unspecified atom stereocenters. The number of hydrogen-bond donors (Lipinski definition) is 4. The molecule has 0 saturated carbocycles. The zero-order valence-electron chi connectivity index (χ0n) is 16.0. The highest BCUT2D eigenvalue weighted by atomic mass is 16.4. The second kappa shape index (κ2) is 7.31. The highest BCUT2D eigenvalue weighted by molar-refractivity contribution is 6.01. The van der Waals surface area contributed by atoms with Crippen molar-refractivity contribution >= 4 is 22.6 Å². The molecular weight excluding hydrogens is 370 g/mol. The van der Waals surface area contributed by atoms with Gasteiger partial charge in [0.25, 0.3) is 0 Å². The fraction of sp³-hybridized carbons (Fsp3) is 0.190. The van der Waals surface area contributed by atoms with Gasteiger partial charge < -0.3 is 15.5 Å². The summed E-state index contributed by atoms with van der Waals surface area (Å²) in [6.45, 7) is 4.46. The summed E-state index contributed by atoms with van der Waals surface area (Å²) in [6.07, 6.45) is 1.89. The molecule has 148 valence electrons. The van der Waals surface area contributed by atoms with E-state index in [-0.39, 0.29) is 17.5 Å². The lowest BCUT2D eigenvalue weighted by Crippen LogP contribution is -2.02. The van der Waals surface area contributed by atoms with E-state index in [0.29, 0.717) is 34.3 Å². The van der Waals surface area contributed by atoms with Crippen molar-refractivity contribution in [1.29, 1.82) is 0 Å². The van der Waals surface area contributed by atoms with E-state index in [1.807, 2.05) is 55.1 Å².